The first kappa shape index (κ1) is 22.8. The molecule has 0 aliphatic rings. The van der Waals surface area contributed by atoms with Gasteiger partial charge in [0.15, 0.2) is 0 Å². The molecule has 0 radical (unpaired) electrons. The summed E-state index contributed by atoms with van der Waals surface area (Å²) in [4.78, 5) is 12.0. The van der Waals surface area contributed by atoms with E-state index in [0.29, 0.717) is 0 Å². The Morgan fingerprint density at radius 3 is 1.38 bits per heavy atom. The molecule has 0 fully saturated rings. The third-order valence-electron chi connectivity index (χ3n) is 3.78. The Bertz CT molecular complexity index is 437. The minimum absolute atomic E-state index is 0.00734. The number of hydrogen-bond donors (Lipinski definition) is 0. The molecule has 11 heteroatoms. The second-order valence-electron chi connectivity index (χ2n) is 5.45. The lowest BCUT2D eigenvalue weighted by atomic mass is 10.00. The summed E-state index contributed by atoms with van der Waals surface area (Å²) < 4.78 is 116. The molecule has 0 rings (SSSR count). The summed E-state index contributed by atoms with van der Waals surface area (Å²) in [6.07, 6.45) is -6.93. The topological polar surface area (TPSA) is 20.3 Å². The van der Waals surface area contributed by atoms with Gasteiger partial charge >= 0.3 is 23.9 Å². The molecule has 0 saturated heterocycles. The van der Waals surface area contributed by atoms with Gasteiger partial charge in [-0.3, -0.25) is 4.79 Å². The SMILES string of the molecule is CCC(C)N(C(=O)C(F)(F)C(F)(F)C(F)(F)C(F)(F)F)C(C)CC. The highest BCUT2D eigenvalue weighted by molar-refractivity contribution is 5.85. The monoisotopic (exact) mass is 375 g/mol. The van der Waals surface area contributed by atoms with E-state index in [1.807, 2.05) is 0 Å². The van der Waals surface area contributed by atoms with Crippen LogP contribution in [0.3, 0.4) is 0 Å². The normalized spacial score (nSPS) is 16.7. The second kappa shape index (κ2) is 6.99. The van der Waals surface area contributed by atoms with E-state index >= 15 is 0 Å². The first-order valence-corrected chi connectivity index (χ1v) is 7.03. The molecule has 2 atom stereocenters. The molecule has 0 heterocycles. The number of amides is 1. The lowest BCUT2D eigenvalue weighted by molar-refractivity contribution is -0.389. The maximum absolute atomic E-state index is 13.7. The Hall–Kier alpha value is -1.16. The number of carbonyl (C=O) groups excluding carboxylic acids is 1. The van der Waals surface area contributed by atoms with E-state index < -0.39 is 41.9 Å². The number of halogens is 9. The van der Waals surface area contributed by atoms with Gasteiger partial charge in [-0.05, 0) is 26.7 Å². The maximum Gasteiger partial charge on any atom is 0.460 e. The van der Waals surface area contributed by atoms with Crippen molar-refractivity contribution in [2.45, 2.75) is 76.6 Å². The molecule has 0 aromatic heterocycles. The lowest BCUT2D eigenvalue weighted by Gasteiger charge is -2.39. The molecule has 0 spiro atoms. The van der Waals surface area contributed by atoms with Crippen molar-refractivity contribution >= 4 is 5.91 Å². The van der Waals surface area contributed by atoms with E-state index in [0.717, 1.165) is 0 Å². The predicted octanol–water partition coefficient (Wildman–Crippen LogP) is 4.88. The number of alkyl halides is 9. The minimum Gasteiger partial charge on any atom is -0.332 e. The van der Waals surface area contributed by atoms with Crippen LogP contribution in [0.4, 0.5) is 39.5 Å². The van der Waals surface area contributed by atoms with Gasteiger partial charge in [0.05, 0.1) is 0 Å². The summed E-state index contributed by atoms with van der Waals surface area (Å²) in [7, 11) is 0. The molecule has 0 bridgehead atoms. The lowest BCUT2D eigenvalue weighted by Crippen LogP contribution is -2.67. The van der Waals surface area contributed by atoms with E-state index in [1.165, 1.54) is 27.7 Å². The Labute approximate surface area is 133 Å². The molecular weight excluding hydrogens is 357 g/mol. The zero-order valence-electron chi connectivity index (χ0n) is 13.3. The summed E-state index contributed by atoms with van der Waals surface area (Å²) in [5.41, 5.74) is 0. The quantitative estimate of drug-likeness (QED) is 0.581. The summed E-state index contributed by atoms with van der Waals surface area (Å²) in [5.74, 6) is -23.0. The fourth-order valence-electron chi connectivity index (χ4n) is 1.90. The number of hydrogen-bond acceptors (Lipinski definition) is 1. The smallest absolute Gasteiger partial charge is 0.332 e. The first-order chi connectivity index (χ1) is 10.5. The Morgan fingerprint density at radius 1 is 0.792 bits per heavy atom. The Kier molecular flexibility index (Phi) is 6.65. The van der Waals surface area contributed by atoms with Crippen LogP contribution in [0.15, 0.2) is 0 Å². The minimum atomic E-state index is -7.07. The van der Waals surface area contributed by atoms with Gasteiger partial charge in [0.2, 0.25) is 0 Å². The molecule has 0 aliphatic heterocycles. The van der Waals surface area contributed by atoms with Crippen molar-refractivity contribution in [3.63, 3.8) is 0 Å². The largest absolute Gasteiger partial charge is 0.460 e. The van der Waals surface area contributed by atoms with Gasteiger partial charge in [0.1, 0.15) is 0 Å². The van der Waals surface area contributed by atoms with Crippen molar-refractivity contribution in [2.24, 2.45) is 0 Å². The van der Waals surface area contributed by atoms with Crippen LogP contribution in [0.2, 0.25) is 0 Å². The van der Waals surface area contributed by atoms with Gasteiger partial charge in [0, 0.05) is 12.1 Å². The van der Waals surface area contributed by atoms with Gasteiger partial charge in [-0.15, -0.1) is 0 Å². The van der Waals surface area contributed by atoms with E-state index in [4.69, 9.17) is 0 Å². The molecule has 0 aliphatic carbocycles. The number of nitrogens with zero attached hydrogens (tertiary/aromatic N) is 1. The summed E-state index contributed by atoms with van der Waals surface area (Å²) in [5, 5.41) is 0. The van der Waals surface area contributed by atoms with E-state index in [-0.39, 0.29) is 17.7 Å². The van der Waals surface area contributed by atoms with Gasteiger partial charge in [-0.1, -0.05) is 13.8 Å². The van der Waals surface area contributed by atoms with Crippen LogP contribution < -0.4 is 0 Å². The van der Waals surface area contributed by atoms with Crippen molar-refractivity contribution in [1.82, 2.24) is 4.90 Å². The van der Waals surface area contributed by atoms with Crippen molar-refractivity contribution < 1.29 is 44.3 Å². The van der Waals surface area contributed by atoms with Crippen LogP contribution in [-0.4, -0.2) is 46.8 Å². The molecule has 24 heavy (non-hydrogen) atoms. The van der Waals surface area contributed by atoms with Gasteiger partial charge in [-0.2, -0.15) is 39.5 Å². The standard InChI is InChI=1S/C13H18F9NO/c1-5-7(3)23(8(4)6-2)9(24)10(14,15)11(16,17)12(18,19)13(20,21)22/h7-8H,5-6H2,1-4H3. The van der Waals surface area contributed by atoms with Crippen LogP contribution >= 0.6 is 0 Å². The average molecular weight is 375 g/mol. The van der Waals surface area contributed by atoms with E-state index in [2.05, 4.69) is 0 Å². The zero-order chi connectivity index (χ0) is 19.7. The van der Waals surface area contributed by atoms with Crippen LogP contribution in [0.25, 0.3) is 0 Å². The van der Waals surface area contributed by atoms with Crippen molar-refractivity contribution in [2.75, 3.05) is 0 Å². The second-order valence-corrected chi connectivity index (χ2v) is 5.45. The van der Waals surface area contributed by atoms with Crippen LogP contribution in [0.1, 0.15) is 40.5 Å². The first-order valence-electron chi connectivity index (χ1n) is 7.03. The molecule has 0 saturated carbocycles. The Morgan fingerprint density at radius 2 is 1.12 bits per heavy atom. The predicted molar refractivity (Wildman–Crippen MR) is 67.2 cm³/mol. The maximum atomic E-state index is 13.7. The summed E-state index contributed by atoms with van der Waals surface area (Å²) in [6.45, 7) is 5.21. The van der Waals surface area contributed by atoms with E-state index in [1.54, 1.807) is 0 Å². The average Bonchev–Trinajstić information content (AvgIpc) is 2.44. The van der Waals surface area contributed by atoms with Gasteiger partial charge in [0.25, 0.3) is 5.91 Å². The highest BCUT2D eigenvalue weighted by Gasteiger charge is 2.84. The van der Waals surface area contributed by atoms with Crippen molar-refractivity contribution in [1.29, 1.82) is 0 Å². The van der Waals surface area contributed by atoms with Crippen LogP contribution in [-0.2, 0) is 4.79 Å². The molecular formula is C13H18F9NO. The third-order valence-corrected chi connectivity index (χ3v) is 3.78. The highest BCUT2D eigenvalue weighted by Crippen LogP contribution is 2.53. The highest BCUT2D eigenvalue weighted by atomic mass is 19.4. The van der Waals surface area contributed by atoms with E-state index in [9.17, 15) is 44.3 Å². The third kappa shape index (κ3) is 3.58. The van der Waals surface area contributed by atoms with Gasteiger partial charge < -0.3 is 4.90 Å². The van der Waals surface area contributed by atoms with Crippen LogP contribution in [0, 0.1) is 0 Å². The van der Waals surface area contributed by atoms with Crippen LogP contribution in [0.5, 0.6) is 0 Å². The summed E-state index contributed by atoms with van der Waals surface area (Å²) >= 11 is 0. The molecule has 0 aromatic rings. The van der Waals surface area contributed by atoms with Crippen molar-refractivity contribution in [3.05, 3.63) is 0 Å². The molecule has 2 nitrogen and oxygen atoms in total. The van der Waals surface area contributed by atoms with Crippen molar-refractivity contribution in [3.8, 4) is 0 Å². The fraction of sp³-hybridized carbons (Fsp3) is 0.923. The Balaban J connectivity index is 6.05. The molecule has 144 valence electrons. The molecule has 0 aromatic carbocycles. The number of rotatable bonds is 7. The zero-order valence-corrected chi connectivity index (χ0v) is 13.3. The fourth-order valence-corrected chi connectivity index (χ4v) is 1.90. The molecule has 0 N–H and O–H groups in total. The summed E-state index contributed by atoms with van der Waals surface area (Å²) in [6, 6.07) is -2.12. The number of carbonyl (C=O) groups is 1. The van der Waals surface area contributed by atoms with Gasteiger partial charge in [-0.25, -0.2) is 0 Å². The molecule has 2 unspecified atom stereocenters. The molecule has 1 amide bonds.